The molecule has 27 heavy (non-hydrogen) atoms. The Kier molecular flexibility index (Phi) is 5.96. The van der Waals surface area contributed by atoms with Crippen molar-refractivity contribution in [2.24, 2.45) is 5.92 Å². The van der Waals surface area contributed by atoms with Crippen LogP contribution < -0.4 is 10.9 Å². The van der Waals surface area contributed by atoms with E-state index in [1.807, 2.05) is 49.4 Å². The van der Waals surface area contributed by atoms with Crippen LogP contribution in [-0.2, 0) is 11.3 Å². The van der Waals surface area contributed by atoms with E-state index in [-0.39, 0.29) is 17.2 Å². The van der Waals surface area contributed by atoms with Crippen LogP contribution in [0.1, 0.15) is 19.4 Å². The van der Waals surface area contributed by atoms with E-state index in [4.69, 9.17) is 0 Å². The molecular weight excluding hydrogens is 358 g/mol. The summed E-state index contributed by atoms with van der Waals surface area (Å²) in [4.78, 5) is 29.9. The summed E-state index contributed by atoms with van der Waals surface area (Å²) in [6.45, 7) is 6.63. The fraction of sp³-hybridized carbons (Fsp3) is 0.286. The molecule has 0 unspecified atom stereocenters. The summed E-state index contributed by atoms with van der Waals surface area (Å²) >= 11 is 1.29. The van der Waals surface area contributed by atoms with Gasteiger partial charge in [0, 0.05) is 12.2 Å². The molecule has 3 rings (SSSR count). The Bertz CT molecular complexity index is 1030. The molecular formula is C21H23N3O2S. The van der Waals surface area contributed by atoms with E-state index in [1.165, 1.54) is 11.8 Å². The Morgan fingerprint density at radius 1 is 1.15 bits per heavy atom. The second-order valence-corrected chi connectivity index (χ2v) is 7.82. The molecule has 6 heteroatoms. The van der Waals surface area contributed by atoms with Crippen molar-refractivity contribution in [2.45, 2.75) is 32.5 Å². The van der Waals surface area contributed by atoms with Gasteiger partial charge in [-0.25, -0.2) is 4.98 Å². The Labute approximate surface area is 162 Å². The first kappa shape index (κ1) is 19.2. The van der Waals surface area contributed by atoms with Crippen molar-refractivity contribution in [3.63, 3.8) is 0 Å². The highest BCUT2D eigenvalue weighted by Crippen LogP contribution is 2.20. The van der Waals surface area contributed by atoms with Crippen molar-refractivity contribution in [3.8, 4) is 0 Å². The zero-order chi connectivity index (χ0) is 19.4. The second kappa shape index (κ2) is 8.39. The summed E-state index contributed by atoms with van der Waals surface area (Å²) in [5, 5.41) is 4.10. The third kappa shape index (κ3) is 4.57. The number of rotatable bonds is 6. The highest BCUT2D eigenvalue weighted by atomic mass is 32.2. The molecule has 0 saturated carbocycles. The van der Waals surface area contributed by atoms with Gasteiger partial charge < -0.3 is 5.32 Å². The Hall–Kier alpha value is -2.60. The number of amides is 1. The molecule has 0 fully saturated rings. The first-order chi connectivity index (χ1) is 13.0. The lowest BCUT2D eigenvalue weighted by molar-refractivity contribution is -0.113. The van der Waals surface area contributed by atoms with E-state index in [0.29, 0.717) is 28.5 Å². The third-order valence-corrected chi connectivity index (χ3v) is 5.10. The summed E-state index contributed by atoms with van der Waals surface area (Å²) in [6.07, 6.45) is 0. The number of carbonyl (C=O) groups is 1. The maximum atomic E-state index is 12.9. The van der Waals surface area contributed by atoms with Gasteiger partial charge >= 0.3 is 0 Å². The number of nitrogens with zero attached hydrogens (tertiary/aromatic N) is 2. The average Bonchev–Trinajstić information content (AvgIpc) is 2.64. The molecule has 3 aromatic rings. The van der Waals surface area contributed by atoms with Crippen LogP contribution >= 0.6 is 11.8 Å². The quantitative estimate of drug-likeness (QED) is 0.516. The number of hydrogen-bond donors (Lipinski definition) is 1. The average molecular weight is 382 g/mol. The van der Waals surface area contributed by atoms with Crippen LogP contribution in [0.25, 0.3) is 10.9 Å². The van der Waals surface area contributed by atoms with Crippen molar-refractivity contribution >= 4 is 34.3 Å². The van der Waals surface area contributed by atoms with Crippen LogP contribution in [0.3, 0.4) is 0 Å². The SMILES string of the molecule is Cc1ccccc1NC(=O)CSc1nc2ccccc2c(=O)n1CC(C)C. The molecule has 2 aromatic carbocycles. The molecule has 0 spiro atoms. The summed E-state index contributed by atoms with van der Waals surface area (Å²) < 4.78 is 1.68. The van der Waals surface area contributed by atoms with E-state index in [9.17, 15) is 9.59 Å². The van der Waals surface area contributed by atoms with Gasteiger partial charge in [-0.05, 0) is 36.6 Å². The lowest BCUT2D eigenvalue weighted by atomic mass is 10.2. The molecule has 1 aromatic heterocycles. The second-order valence-electron chi connectivity index (χ2n) is 6.87. The van der Waals surface area contributed by atoms with Crippen LogP contribution in [0.15, 0.2) is 58.5 Å². The van der Waals surface area contributed by atoms with Gasteiger partial charge in [0.2, 0.25) is 5.91 Å². The molecule has 0 radical (unpaired) electrons. The van der Waals surface area contributed by atoms with Gasteiger partial charge in [0.05, 0.1) is 16.7 Å². The van der Waals surface area contributed by atoms with Gasteiger partial charge in [0.1, 0.15) is 0 Å². The van der Waals surface area contributed by atoms with Crippen molar-refractivity contribution in [1.82, 2.24) is 9.55 Å². The van der Waals surface area contributed by atoms with Gasteiger partial charge in [-0.3, -0.25) is 14.2 Å². The predicted molar refractivity (Wildman–Crippen MR) is 111 cm³/mol. The zero-order valence-corrected chi connectivity index (χ0v) is 16.5. The molecule has 0 aliphatic heterocycles. The van der Waals surface area contributed by atoms with E-state index in [2.05, 4.69) is 24.1 Å². The van der Waals surface area contributed by atoms with Crippen LogP contribution in [0.5, 0.6) is 0 Å². The minimum atomic E-state index is -0.118. The van der Waals surface area contributed by atoms with Crippen LogP contribution in [0.2, 0.25) is 0 Å². The Balaban J connectivity index is 1.84. The molecule has 1 amide bonds. The largest absolute Gasteiger partial charge is 0.325 e. The van der Waals surface area contributed by atoms with E-state index >= 15 is 0 Å². The van der Waals surface area contributed by atoms with Gasteiger partial charge in [-0.15, -0.1) is 0 Å². The molecule has 0 aliphatic rings. The van der Waals surface area contributed by atoms with E-state index in [1.54, 1.807) is 10.6 Å². The summed E-state index contributed by atoms with van der Waals surface area (Å²) in [7, 11) is 0. The molecule has 5 nitrogen and oxygen atoms in total. The Morgan fingerprint density at radius 2 is 1.85 bits per heavy atom. The van der Waals surface area contributed by atoms with E-state index in [0.717, 1.165) is 11.3 Å². The number of hydrogen-bond acceptors (Lipinski definition) is 4. The standard InChI is InChI=1S/C21H23N3O2S/c1-14(2)12-24-20(26)16-9-5-7-11-18(16)23-21(24)27-13-19(25)22-17-10-6-4-8-15(17)3/h4-11,14H,12-13H2,1-3H3,(H,22,25). The highest BCUT2D eigenvalue weighted by Gasteiger charge is 2.14. The number of aryl methyl sites for hydroxylation is 1. The monoisotopic (exact) mass is 381 g/mol. The number of carbonyl (C=O) groups excluding carboxylic acids is 1. The lowest BCUT2D eigenvalue weighted by Crippen LogP contribution is -2.26. The summed E-state index contributed by atoms with van der Waals surface area (Å²) in [5.74, 6) is 0.371. The van der Waals surface area contributed by atoms with Crippen molar-refractivity contribution < 1.29 is 4.79 Å². The molecule has 1 N–H and O–H groups in total. The number of nitrogens with one attached hydrogen (secondary N) is 1. The molecule has 0 bridgehead atoms. The number of aromatic nitrogens is 2. The summed E-state index contributed by atoms with van der Waals surface area (Å²) in [5.41, 5.74) is 2.41. The maximum absolute atomic E-state index is 12.9. The number of anilines is 1. The minimum Gasteiger partial charge on any atom is -0.325 e. The molecule has 0 saturated heterocycles. The number of benzene rings is 2. The molecule has 1 heterocycles. The van der Waals surface area contributed by atoms with Gasteiger partial charge in [0.25, 0.3) is 5.56 Å². The van der Waals surface area contributed by atoms with Crippen molar-refractivity contribution in [1.29, 1.82) is 0 Å². The third-order valence-electron chi connectivity index (χ3n) is 4.13. The zero-order valence-electron chi connectivity index (χ0n) is 15.7. The van der Waals surface area contributed by atoms with Crippen LogP contribution in [0, 0.1) is 12.8 Å². The van der Waals surface area contributed by atoms with Gasteiger partial charge in [0.15, 0.2) is 5.16 Å². The minimum absolute atomic E-state index is 0.0592. The highest BCUT2D eigenvalue weighted by molar-refractivity contribution is 7.99. The lowest BCUT2D eigenvalue weighted by Gasteiger charge is -2.15. The first-order valence-corrected chi connectivity index (χ1v) is 9.92. The fourth-order valence-electron chi connectivity index (χ4n) is 2.81. The molecule has 0 aliphatic carbocycles. The normalized spacial score (nSPS) is 11.1. The molecule has 0 atom stereocenters. The Morgan fingerprint density at radius 3 is 2.59 bits per heavy atom. The van der Waals surface area contributed by atoms with Crippen molar-refractivity contribution in [2.75, 3.05) is 11.1 Å². The van der Waals surface area contributed by atoms with Crippen LogP contribution in [-0.4, -0.2) is 21.2 Å². The van der Waals surface area contributed by atoms with Crippen molar-refractivity contribution in [3.05, 3.63) is 64.4 Å². The number of para-hydroxylation sites is 2. The predicted octanol–water partition coefficient (Wildman–Crippen LogP) is 4.09. The van der Waals surface area contributed by atoms with Gasteiger partial charge in [-0.2, -0.15) is 0 Å². The molecule has 140 valence electrons. The van der Waals surface area contributed by atoms with E-state index < -0.39 is 0 Å². The number of fused-ring (bicyclic) bond motifs is 1. The first-order valence-electron chi connectivity index (χ1n) is 8.93. The maximum Gasteiger partial charge on any atom is 0.262 e. The summed E-state index contributed by atoms with van der Waals surface area (Å²) in [6, 6.07) is 15.0. The number of thioether (sulfide) groups is 1. The topological polar surface area (TPSA) is 64.0 Å². The smallest absolute Gasteiger partial charge is 0.262 e. The van der Waals surface area contributed by atoms with Crippen LogP contribution in [0.4, 0.5) is 5.69 Å². The fourth-order valence-corrected chi connectivity index (χ4v) is 3.62. The van der Waals surface area contributed by atoms with Gasteiger partial charge in [-0.1, -0.05) is 55.9 Å².